The van der Waals surface area contributed by atoms with Gasteiger partial charge < -0.3 is 14.5 Å². The molecule has 3 aromatic rings. The lowest BCUT2D eigenvalue weighted by atomic mass is 10.1. The predicted octanol–water partition coefficient (Wildman–Crippen LogP) is 3.85. The molecule has 0 atom stereocenters. The van der Waals surface area contributed by atoms with E-state index in [0.29, 0.717) is 32.1 Å². The van der Waals surface area contributed by atoms with Crippen LogP contribution in [0.4, 0.5) is 0 Å². The second kappa shape index (κ2) is 8.80. The standard InChI is InChI=1S/C22H25N3O3S/c1-3-27-18-8-5-7-15(20(18)28-4-2)13-25-11-10-17-16(14-25)22(26)24-21(23-17)19-9-6-12-29-19/h5-9,12H,3-4,10-11,13-14H2,1-2H3,(H,23,24,26). The summed E-state index contributed by atoms with van der Waals surface area (Å²) in [6, 6.07) is 9.93. The fraction of sp³-hybridized carbons (Fsp3) is 0.364. The van der Waals surface area contributed by atoms with Crippen LogP contribution in [0.2, 0.25) is 0 Å². The van der Waals surface area contributed by atoms with Crippen LogP contribution in [0.25, 0.3) is 10.7 Å². The number of nitrogens with one attached hydrogen (secondary N) is 1. The first kappa shape index (κ1) is 19.7. The zero-order valence-electron chi connectivity index (χ0n) is 16.7. The molecule has 4 rings (SSSR count). The van der Waals surface area contributed by atoms with E-state index in [0.717, 1.165) is 46.2 Å². The molecule has 1 aliphatic rings. The molecule has 0 fully saturated rings. The van der Waals surface area contributed by atoms with Crippen molar-refractivity contribution >= 4 is 11.3 Å². The number of para-hydroxylation sites is 1. The second-order valence-corrected chi connectivity index (χ2v) is 7.84. The van der Waals surface area contributed by atoms with Gasteiger partial charge in [0.15, 0.2) is 17.3 Å². The largest absolute Gasteiger partial charge is 0.490 e. The Balaban J connectivity index is 1.57. The van der Waals surface area contributed by atoms with Gasteiger partial charge in [0.1, 0.15) is 0 Å². The molecule has 152 valence electrons. The van der Waals surface area contributed by atoms with Gasteiger partial charge in [0.25, 0.3) is 5.56 Å². The molecular weight excluding hydrogens is 386 g/mol. The number of H-pyrrole nitrogens is 1. The molecule has 6 nitrogen and oxygen atoms in total. The van der Waals surface area contributed by atoms with Gasteiger partial charge in [-0.2, -0.15) is 0 Å². The Hall–Kier alpha value is -2.64. The highest BCUT2D eigenvalue weighted by Gasteiger charge is 2.23. The quantitative estimate of drug-likeness (QED) is 0.640. The molecule has 1 aromatic carbocycles. The van der Waals surface area contributed by atoms with Gasteiger partial charge in [-0.05, 0) is 31.4 Å². The first-order valence-corrected chi connectivity index (χ1v) is 10.8. The number of benzene rings is 1. The maximum atomic E-state index is 12.7. The van der Waals surface area contributed by atoms with Gasteiger partial charge in [-0.25, -0.2) is 4.98 Å². The summed E-state index contributed by atoms with van der Waals surface area (Å²) in [5, 5.41) is 1.99. The number of hydrogen-bond donors (Lipinski definition) is 1. The van der Waals surface area contributed by atoms with Crippen LogP contribution in [-0.2, 0) is 19.5 Å². The van der Waals surface area contributed by atoms with E-state index in [4.69, 9.17) is 14.5 Å². The molecule has 3 heterocycles. The van der Waals surface area contributed by atoms with Crippen molar-refractivity contribution in [2.24, 2.45) is 0 Å². The maximum absolute atomic E-state index is 12.7. The first-order chi connectivity index (χ1) is 14.2. The summed E-state index contributed by atoms with van der Waals surface area (Å²) in [5.41, 5.74) is 2.69. The average Bonchev–Trinajstić information content (AvgIpc) is 3.26. The number of rotatable bonds is 7. The van der Waals surface area contributed by atoms with Crippen molar-refractivity contribution in [3.05, 3.63) is 62.9 Å². The Kier molecular flexibility index (Phi) is 5.97. The van der Waals surface area contributed by atoms with Gasteiger partial charge in [0, 0.05) is 31.6 Å². The first-order valence-electron chi connectivity index (χ1n) is 9.95. The van der Waals surface area contributed by atoms with E-state index in [-0.39, 0.29) is 5.56 Å². The van der Waals surface area contributed by atoms with Crippen LogP contribution in [0.5, 0.6) is 11.5 Å². The minimum Gasteiger partial charge on any atom is -0.490 e. The van der Waals surface area contributed by atoms with E-state index < -0.39 is 0 Å². The lowest BCUT2D eigenvalue weighted by molar-refractivity contribution is 0.232. The van der Waals surface area contributed by atoms with Crippen LogP contribution in [0.1, 0.15) is 30.7 Å². The molecule has 0 radical (unpaired) electrons. The van der Waals surface area contributed by atoms with Crippen LogP contribution >= 0.6 is 11.3 Å². The summed E-state index contributed by atoms with van der Waals surface area (Å²) < 4.78 is 11.6. The minimum atomic E-state index is -0.0452. The Bertz CT molecular complexity index is 1030. The van der Waals surface area contributed by atoms with Crippen LogP contribution in [-0.4, -0.2) is 34.6 Å². The van der Waals surface area contributed by atoms with E-state index >= 15 is 0 Å². The SMILES string of the molecule is CCOc1cccc(CN2CCc3nc(-c4cccs4)[nH]c(=O)c3C2)c1OCC. The molecule has 0 unspecified atom stereocenters. The van der Waals surface area contributed by atoms with Crippen LogP contribution in [0, 0.1) is 0 Å². The van der Waals surface area contributed by atoms with Crippen molar-refractivity contribution < 1.29 is 9.47 Å². The number of nitrogens with zero attached hydrogens (tertiary/aromatic N) is 2. The van der Waals surface area contributed by atoms with Gasteiger partial charge >= 0.3 is 0 Å². The lowest BCUT2D eigenvalue weighted by Gasteiger charge is -2.28. The van der Waals surface area contributed by atoms with Crippen LogP contribution in [0.3, 0.4) is 0 Å². The Labute approximate surface area is 174 Å². The van der Waals surface area contributed by atoms with Crippen LogP contribution < -0.4 is 15.0 Å². The molecule has 0 bridgehead atoms. The highest BCUT2D eigenvalue weighted by Crippen LogP contribution is 2.33. The Morgan fingerprint density at radius 3 is 2.79 bits per heavy atom. The molecule has 0 saturated heterocycles. The van der Waals surface area contributed by atoms with Crippen LogP contribution in [0.15, 0.2) is 40.5 Å². The zero-order valence-corrected chi connectivity index (χ0v) is 17.6. The molecular formula is C22H25N3O3S. The van der Waals surface area contributed by atoms with Crippen molar-refractivity contribution in [1.29, 1.82) is 0 Å². The van der Waals surface area contributed by atoms with Gasteiger partial charge in [-0.3, -0.25) is 9.69 Å². The fourth-order valence-electron chi connectivity index (χ4n) is 3.65. The molecule has 29 heavy (non-hydrogen) atoms. The topological polar surface area (TPSA) is 67.5 Å². The molecule has 0 amide bonds. The average molecular weight is 412 g/mol. The summed E-state index contributed by atoms with van der Waals surface area (Å²) >= 11 is 1.58. The van der Waals surface area contributed by atoms with E-state index in [9.17, 15) is 4.79 Å². The number of thiophene rings is 1. The number of ether oxygens (including phenoxy) is 2. The maximum Gasteiger partial charge on any atom is 0.255 e. The van der Waals surface area contributed by atoms with Gasteiger partial charge in [0.05, 0.1) is 29.3 Å². The second-order valence-electron chi connectivity index (χ2n) is 6.89. The number of aromatic amines is 1. The predicted molar refractivity (Wildman–Crippen MR) is 115 cm³/mol. The molecule has 1 N–H and O–H groups in total. The minimum absolute atomic E-state index is 0.0452. The van der Waals surface area contributed by atoms with E-state index in [1.54, 1.807) is 11.3 Å². The van der Waals surface area contributed by atoms with Gasteiger partial charge in [0.2, 0.25) is 0 Å². The summed E-state index contributed by atoms with van der Waals surface area (Å²) in [6.07, 6.45) is 0.757. The summed E-state index contributed by atoms with van der Waals surface area (Å²) in [4.78, 5) is 23.7. The van der Waals surface area contributed by atoms with E-state index in [2.05, 4.69) is 16.0 Å². The van der Waals surface area contributed by atoms with Gasteiger partial charge in [-0.15, -0.1) is 11.3 Å². The van der Waals surface area contributed by atoms with Crippen molar-refractivity contribution in [2.45, 2.75) is 33.4 Å². The highest BCUT2D eigenvalue weighted by molar-refractivity contribution is 7.13. The van der Waals surface area contributed by atoms with E-state index in [1.807, 2.05) is 43.5 Å². The van der Waals surface area contributed by atoms with Crippen molar-refractivity contribution in [3.8, 4) is 22.2 Å². The smallest absolute Gasteiger partial charge is 0.255 e. The zero-order chi connectivity index (χ0) is 20.2. The summed E-state index contributed by atoms with van der Waals surface area (Å²) in [5.74, 6) is 2.23. The molecule has 0 aliphatic carbocycles. The van der Waals surface area contributed by atoms with Crippen molar-refractivity contribution in [1.82, 2.24) is 14.9 Å². The number of aromatic nitrogens is 2. The van der Waals surface area contributed by atoms with E-state index in [1.165, 1.54) is 0 Å². The summed E-state index contributed by atoms with van der Waals surface area (Å²) in [7, 11) is 0. The Morgan fingerprint density at radius 2 is 2.03 bits per heavy atom. The molecule has 1 aliphatic heterocycles. The van der Waals surface area contributed by atoms with Crippen molar-refractivity contribution in [3.63, 3.8) is 0 Å². The monoisotopic (exact) mass is 411 g/mol. The number of fused-ring (bicyclic) bond motifs is 1. The van der Waals surface area contributed by atoms with Crippen molar-refractivity contribution in [2.75, 3.05) is 19.8 Å². The third-order valence-corrected chi connectivity index (χ3v) is 5.82. The lowest BCUT2D eigenvalue weighted by Crippen LogP contribution is -2.35. The fourth-order valence-corrected chi connectivity index (χ4v) is 4.32. The molecule has 2 aromatic heterocycles. The molecule has 0 saturated carbocycles. The molecule has 0 spiro atoms. The molecule has 7 heteroatoms. The third-order valence-electron chi connectivity index (χ3n) is 4.95. The third kappa shape index (κ3) is 4.21. The number of hydrogen-bond acceptors (Lipinski definition) is 6. The highest BCUT2D eigenvalue weighted by atomic mass is 32.1. The normalized spacial score (nSPS) is 13.9. The Morgan fingerprint density at radius 1 is 1.17 bits per heavy atom. The van der Waals surface area contributed by atoms with Gasteiger partial charge in [-0.1, -0.05) is 18.2 Å². The summed E-state index contributed by atoms with van der Waals surface area (Å²) in [6.45, 7) is 7.23.